The average Bonchev–Trinajstić information content (AvgIpc) is 2.81. The maximum Gasteiger partial charge on any atom is 0.307 e. The number of allylic oxidation sites excluding steroid dienone is 2. The van der Waals surface area contributed by atoms with Crippen molar-refractivity contribution in [3.8, 4) is 0 Å². The van der Waals surface area contributed by atoms with Crippen LogP contribution in [0.25, 0.3) is 0 Å². The minimum Gasteiger partial charge on any atom is -0.481 e. The number of piperazine rings is 1. The molecule has 2 aromatic rings. The van der Waals surface area contributed by atoms with Crippen molar-refractivity contribution in [2.45, 2.75) is 12.8 Å². The number of rotatable bonds is 5. The van der Waals surface area contributed by atoms with Crippen LogP contribution in [0.3, 0.4) is 0 Å². The van der Waals surface area contributed by atoms with Crippen molar-refractivity contribution < 1.29 is 14.7 Å². The highest BCUT2D eigenvalue weighted by atomic mass is 35.5. The number of halogens is 2. The van der Waals surface area contributed by atoms with E-state index in [4.69, 9.17) is 23.2 Å². The number of benzene rings is 2. The number of aliphatic carboxylic acids is 1. The normalized spacial score (nSPS) is 20.8. The molecular weight excluding hydrogens is 449 g/mol. The van der Waals surface area contributed by atoms with Gasteiger partial charge >= 0.3 is 5.97 Å². The molecule has 0 spiro atoms. The summed E-state index contributed by atoms with van der Waals surface area (Å²) in [5.74, 6) is -2.41. The highest BCUT2D eigenvalue weighted by Gasteiger charge is 2.34. The molecule has 1 aliphatic carbocycles. The summed E-state index contributed by atoms with van der Waals surface area (Å²) in [6.45, 7) is 3.32. The van der Waals surface area contributed by atoms with Crippen LogP contribution >= 0.6 is 23.2 Å². The average molecular weight is 474 g/mol. The van der Waals surface area contributed by atoms with Crippen molar-refractivity contribution in [2.24, 2.45) is 11.8 Å². The van der Waals surface area contributed by atoms with Crippen LogP contribution in [0.5, 0.6) is 0 Å². The van der Waals surface area contributed by atoms with Gasteiger partial charge in [-0.1, -0.05) is 41.4 Å². The molecule has 0 aromatic heterocycles. The van der Waals surface area contributed by atoms with E-state index in [1.165, 1.54) is 0 Å². The van der Waals surface area contributed by atoms with E-state index in [0.717, 1.165) is 37.6 Å². The number of hydrogen-bond acceptors (Lipinski definition) is 4. The predicted molar refractivity (Wildman–Crippen MR) is 129 cm³/mol. The lowest BCUT2D eigenvalue weighted by atomic mass is 9.82. The van der Waals surface area contributed by atoms with E-state index in [2.05, 4.69) is 15.1 Å². The van der Waals surface area contributed by atoms with Crippen LogP contribution in [-0.4, -0.2) is 43.2 Å². The quantitative estimate of drug-likeness (QED) is 0.602. The number of amides is 1. The SMILES string of the molecule is O=C(O)[C@H]1CC=CC[C@@H]1C(=O)Nc1ccc(N2CCN(c3cccc(Cl)c3Cl)CC2)cc1. The fourth-order valence-corrected chi connectivity index (χ4v) is 4.72. The lowest BCUT2D eigenvalue weighted by Gasteiger charge is -2.37. The van der Waals surface area contributed by atoms with Gasteiger partial charge in [0.15, 0.2) is 0 Å². The molecule has 1 fully saturated rings. The second-order valence-corrected chi connectivity index (χ2v) is 8.86. The van der Waals surface area contributed by atoms with Gasteiger partial charge in [-0.2, -0.15) is 0 Å². The lowest BCUT2D eigenvalue weighted by Crippen LogP contribution is -2.46. The van der Waals surface area contributed by atoms with Gasteiger partial charge in [0.05, 0.1) is 27.6 Å². The van der Waals surface area contributed by atoms with Gasteiger partial charge in [0, 0.05) is 37.6 Å². The number of nitrogens with zero attached hydrogens (tertiary/aromatic N) is 2. The van der Waals surface area contributed by atoms with Crippen LogP contribution in [0.2, 0.25) is 10.0 Å². The Morgan fingerprint density at radius 2 is 1.50 bits per heavy atom. The Bertz CT molecular complexity index is 1020. The van der Waals surface area contributed by atoms with Gasteiger partial charge in [0.2, 0.25) is 5.91 Å². The monoisotopic (exact) mass is 473 g/mol. The molecule has 1 saturated heterocycles. The number of carbonyl (C=O) groups excluding carboxylic acids is 1. The van der Waals surface area contributed by atoms with Crippen molar-refractivity contribution >= 4 is 52.1 Å². The molecule has 1 heterocycles. The third-order valence-corrected chi connectivity index (χ3v) is 6.95. The van der Waals surface area contributed by atoms with Gasteiger partial charge < -0.3 is 20.2 Å². The van der Waals surface area contributed by atoms with Gasteiger partial charge in [-0.05, 0) is 49.2 Å². The smallest absolute Gasteiger partial charge is 0.307 e. The number of nitrogens with one attached hydrogen (secondary N) is 1. The van der Waals surface area contributed by atoms with Gasteiger partial charge in [-0.15, -0.1) is 0 Å². The lowest BCUT2D eigenvalue weighted by molar-refractivity contribution is -0.146. The minimum absolute atomic E-state index is 0.249. The van der Waals surface area contributed by atoms with Crippen LogP contribution in [0, 0.1) is 11.8 Å². The zero-order valence-corrected chi connectivity index (χ0v) is 19.0. The molecule has 1 aliphatic heterocycles. The first-order chi connectivity index (χ1) is 15.4. The van der Waals surface area contributed by atoms with Gasteiger partial charge in [-0.3, -0.25) is 9.59 Å². The molecule has 2 N–H and O–H groups in total. The van der Waals surface area contributed by atoms with Crippen LogP contribution < -0.4 is 15.1 Å². The molecule has 32 heavy (non-hydrogen) atoms. The Kier molecular flexibility index (Phi) is 6.92. The van der Waals surface area contributed by atoms with Gasteiger partial charge in [-0.25, -0.2) is 0 Å². The molecule has 8 heteroatoms. The summed E-state index contributed by atoms with van der Waals surface area (Å²) in [6, 6.07) is 13.4. The van der Waals surface area contributed by atoms with Crippen molar-refractivity contribution in [3.05, 3.63) is 64.7 Å². The van der Waals surface area contributed by atoms with E-state index in [1.54, 1.807) is 6.07 Å². The molecule has 2 aromatic carbocycles. The van der Waals surface area contributed by atoms with Crippen LogP contribution in [-0.2, 0) is 9.59 Å². The number of carboxylic acid groups (broad SMARTS) is 1. The predicted octanol–water partition coefficient (Wildman–Crippen LogP) is 4.93. The number of anilines is 3. The molecule has 168 valence electrons. The summed E-state index contributed by atoms with van der Waals surface area (Å²) in [7, 11) is 0. The largest absolute Gasteiger partial charge is 0.481 e. The molecule has 0 saturated carbocycles. The highest BCUT2D eigenvalue weighted by Crippen LogP contribution is 2.33. The number of hydrogen-bond donors (Lipinski definition) is 2. The van der Waals surface area contributed by atoms with E-state index in [1.807, 2.05) is 48.6 Å². The van der Waals surface area contributed by atoms with Crippen LogP contribution in [0.15, 0.2) is 54.6 Å². The van der Waals surface area contributed by atoms with Crippen molar-refractivity contribution in [1.29, 1.82) is 0 Å². The summed E-state index contributed by atoms with van der Waals surface area (Å²) in [4.78, 5) is 28.6. The maximum atomic E-state index is 12.6. The summed E-state index contributed by atoms with van der Waals surface area (Å²) >= 11 is 12.5. The van der Waals surface area contributed by atoms with Gasteiger partial charge in [0.25, 0.3) is 0 Å². The molecule has 0 unspecified atom stereocenters. The Labute approximate surface area is 197 Å². The molecule has 2 atom stereocenters. The van der Waals surface area contributed by atoms with Crippen LogP contribution in [0.1, 0.15) is 12.8 Å². The standard InChI is InChI=1S/C24H25Cl2N3O3/c25-20-6-3-7-21(22(20)26)29-14-12-28(13-15-29)17-10-8-16(9-11-17)27-23(30)18-4-1-2-5-19(18)24(31)32/h1-3,6-11,18-19H,4-5,12-15H2,(H,27,30)(H,31,32)/t18-,19-/m0/s1. The second-order valence-electron chi connectivity index (χ2n) is 8.08. The number of carboxylic acids is 1. The highest BCUT2D eigenvalue weighted by molar-refractivity contribution is 6.43. The Hall–Kier alpha value is -2.70. The minimum atomic E-state index is -0.928. The van der Waals surface area contributed by atoms with Crippen LogP contribution in [0.4, 0.5) is 17.1 Å². The van der Waals surface area contributed by atoms with E-state index in [9.17, 15) is 14.7 Å². The molecule has 4 rings (SSSR count). The fourth-order valence-electron chi connectivity index (χ4n) is 4.31. The first-order valence-corrected chi connectivity index (χ1v) is 11.4. The second kappa shape index (κ2) is 9.84. The first-order valence-electron chi connectivity index (χ1n) is 10.7. The van der Waals surface area contributed by atoms with E-state index in [-0.39, 0.29) is 5.91 Å². The summed E-state index contributed by atoms with van der Waals surface area (Å²) in [5, 5.41) is 13.4. The molecule has 0 radical (unpaired) electrons. The molecule has 2 aliphatic rings. The first kappa shape index (κ1) is 22.5. The maximum absolute atomic E-state index is 12.6. The van der Waals surface area contributed by atoms with Crippen molar-refractivity contribution in [1.82, 2.24) is 0 Å². The Morgan fingerprint density at radius 3 is 2.16 bits per heavy atom. The zero-order chi connectivity index (χ0) is 22.7. The zero-order valence-electron chi connectivity index (χ0n) is 17.5. The molecule has 6 nitrogen and oxygen atoms in total. The summed E-state index contributed by atoms with van der Waals surface area (Å²) in [6.07, 6.45) is 4.54. The topological polar surface area (TPSA) is 72.9 Å². The molecule has 0 bridgehead atoms. The summed E-state index contributed by atoms with van der Waals surface area (Å²) in [5.41, 5.74) is 2.69. The third kappa shape index (κ3) is 4.87. The summed E-state index contributed by atoms with van der Waals surface area (Å²) < 4.78 is 0. The molecule has 1 amide bonds. The van der Waals surface area contributed by atoms with Gasteiger partial charge in [0.1, 0.15) is 0 Å². The number of carbonyl (C=O) groups is 2. The Balaban J connectivity index is 1.35. The van der Waals surface area contributed by atoms with E-state index >= 15 is 0 Å². The van der Waals surface area contributed by atoms with Crippen molar-refractivity contribution in [3.63, 3.8) is 0 Å². The fraction of sp³-hybridized carbons (Fsp3) is 0.333. The Morgan fingerprint density at radius 1 is 0.875 bits per heavy atom. The third-order valence-electron chi connectivity index (χ3n) is 6.14. The van der Waals surface area contributed by atoms with Crippen molar-refractivity contribution in [2.75, 3.05) is 41.3 Å². The molecular formula is C24H25Cl2N3O3. The van der Waals surface area contributed by atoms with E-state index < -0.39 is 17.8 Å². The van der Waals surface area contributed by atoms with E-state index in [0.29, 0.717) is 28.6 Å².